The highest BCUT2D eigenvalue weighted by atomic mass is 32.1. The normalized spacial score (nSPS) is 13.5. The van der Waals surface area contributed by atoms with Gasteiger partial charge in [-0.15, -0.1) is 11.3 Å². The summed E-state index contributed by atoms with van der Waals surface area (Å²) in [6.07, 6.45) is -1.91. The van der Waals surface area contributed by atoms with Crippen LogP contribution in [0.4, 0.5) is 4.79 Å². The summed E-state index contributed by atoms with van der Waals surface area (Å²) in [6, 6.07) is 5.17. The molecule has 0 radical (unpaired) electrons. The van der Waals surface area contributed by atoms with Crippen LogP contribution in [0, 0.1) is 5.92 Å². The zero-order valence-electron chi connectivity index (χ0n) is 16.3. The maximum atomic E-state index is 13.0. The first-order valence-electron chi connectivity index (χ1n) is 8.98. The smallest absolute Gasteiger partial charge is 0.417 e. The van der Waals surface area contributed by atoms with Crippen LogP contribution in [0.15, 0.2) is 24.3 Å². The van der Waals surface area contributed by atoms with E-state index >= 15 is 0 Å². The molecule has 2 amide bonds. The maximum absolute atomic E-state index is 13.0. The highest BCUT2D eigenvalue weighted by Gasteiger charge is 2.39. The van der Waals surface area contributed by atoms with E-state index in [1.807, 2.05) is 18.2 Å². The summed E-state index contributed by atoms with van der Waals surface area (Å²) in [7, 11) is 0. The topological polar surface area (TPSA) is 123 Å². The molecular weight excluding hydrogens is 382 g/mol. The van der Waals surface area contributed by atoms with Crippen molar-refractivity contribution in [3.05, 3.63) is 29.3 Å². The Balaban J connectivity index is 2.55. The second-order valence-corrected chi connectivity index (χ2v) is 8.11. The standard InChI is InChI=1S/C19H25N3O5S/c1-10(2)16(20)18(25)22(19(26)27-11(3)4)13(9-15(23)24)17-21-12-7-5-6-8-14(12)28-17/h5-8,10-11,13,16H,9,20H2,1-4H3,(H,23,24)/t13?,16-/m0/s1. The van der Waals surface area contributed by atoms with Crippen molar-refractivity contribution in [2.75, 3.05) is 0 Å². The maximum Gasteiger partial charge on any atom is 0.417 e. The molecule has 9 heteroatoms. The number of fused-ring (bicyclic) bond motifs is 1. The van der Waals surface area contributed by atoms with Crippen LogP contribution in [0.1, 0.15) is 45.2 Å². The number of carbonyl (C=O) groups is 3. The number of nitrogens with two attached hydrogens (primary N) is 1. The Morgan fingerprint density at radius 2 is 1.86 bits per heavy atom. The van der Waals surface area contributed by atoms with Gasteiger partial charge in [-0.3, -0.25) is 9.59 Å². The van der Waals surface area contributed by atoms with E-state index in [1.165, 1.54) is 11.3 Å². The lowest BCUT2D eigenvalue weighted by atomic mass is 10.0. The van der Waals surface area contributed by atoms with Gasteiger partial charge >= 0.3 is 12.1 Å². The van der Waals surface area contributed by atoms with Crippen LogP contribution in [0.2, 0.25) is 0 Å². The second kappa shape index (κ2) is 9.11. The molecular formula is C19H25N3O5S. The predicted octanol–water partition coefficient (Wildman–Crippen LogP) is 3.17. The quantitative estimate of drug-likeness (QED) is 0.722. The Labute approximate surface area is 167 Å². The molecule has 2 rings (SSSR count). The van der Waals surface area contributed by atoms with E-state index in [-0.39, 0.29) is 5.92 Å². The molecule has 0 saturated carbocycles. The molecule has 2 atom stereocenters. The van der Waals surface area contributed by atoms with Crippen molar-refractivity contribution in [2.45, 2.75) is 52.3 Å². The Bertz CT molecular complexity index is 831. The number of carbonyl (C=O) groups excluding carboxylic acids is 2. The van der Waals surface area contributed by atoms with E-state index in [0.717, 1.165) is 9.60 Å². The van der Waals surface area contributed by atoms with Gasteiger partial charge < -0.3 is 15.6 Å². The van der Waals surface area contributed by atoms with Gasteiger partial charge in [0.25, 0.3) is 0 Å². The monoisotopic (exact) mass is 407 g/mol. The van der Waals surface area contributed by atoms with Crippen molar-refractivity contribution in [3.8, 4) is 0 Å². The molecule has 0 spiro atoms. The number of hydrogen-bond acceptors (Lipinski definition) is 7. The van der Waals surface area contributed by atoms with E-state index < -0.39 is 42.6 Å². The van der Waals surface area contributed by atoms with Crippen molar-refractivity contribution >= 4 is 39.5 Å². The van der Waals surface area contributed by atoms with Crippen molar-refractivity contribution in [3.63, 3.8) is 0 Å². The lowest BCUT2D eigenvalue weighted by Gasteiger charge is -2.30. The number of nitrogens with zero attached hydrogens (tertiary/aromatic N) is 2. The lowest BCUT2D eigenvalue weighted by molar-refractivity contribution is -0.140. The third kappa shape index (κ3) is 5.05. The van der Waals surface area contributed by atoms with Crippen molar-refractivity contribution in [2.24, 2.45) is 11.7 Å². The molecule has 3 N–H and O–H groups in total. The van der Waals surface area contributed by atoms with Gasteiger partial charge in [0.2, 0.25) is 5.91 Å². The largest absolute Gasteiger partial charge is 0.481 e. The third-order valence-electron chi connectivity index (χ3n) is 4.05. The van der Waals surface area contributed by atoms with Gasteiger partial charge in [-0.2, -0.15) is 0 Å². The summed E-state index contributed by atoms with van der Waals surface area (Å²) in [5.41, 5.74) is 6.65. The lowest BCUT2D eigenvalue weighted by Crippen LogP contribution is -2.51. The van der Waals surface area contributed by atoms with Crippen LogP contribution in [0.3, 0.4) is 0 Å². The molecule has 152 valence electrons. The summed E-state index contributed by atoms with van der Waals surface area (Å²) in [5, 5.41) is 9.76. The summed E-state index contributed by atoms with van der Waals surface area (Å²) in [4.78, 5) is 42.5. The number of benzene rings is 1. The molecule has 1 unspecified atom stereocenters. The van der Waals surface area contributed by atoms with Gasteiger partial charge in [0.1, 0.15) is 11.0 Å². The summed E-state index contributed by atoms with van der Waals surface area (Å²) in [6.45, 7) is 6.79. The molecule has 0 saturated heterocycles. The number of imide groups is 1. The minimum Gasteiger partial charge on any atom is -0.481 e. The van der Waals surface area contributed by atoms with Crippen molar-refractivity contribution in [1.82, 2.24) is 9.88 Å². The van der Waals surface area contributed by atoms with E-state index in [0.29, 0.717) is 10.5 Å². The predicted molar refractivity (Wildman–Crippen MR) is 106 cm³/mol. The van der Waals surface area contributed by atoms with E-state index in [1.54, 1.807) is 33.8 Å². The molecule has 0 aliphatic rings. The number of carboxylic acids is 1. The molecule has 2 aromatic rings. The van der Waals surface area contributed by atoms with E-state index in [9.17, 15) is 19.5 Å². The van der Waals surface area contributed by atoms with Crippen LogP contribution in [0.5, 0.6) is 0 Å². The van der Waals surface area contributed by atoms with Gasteiger partial charge in [-0.25, -0.2) is 14.7 Å². The number of hydrogen-bond donors (Lipinski definition) is 2. The highest BCUT2D eigenvalue weighted by Crippen LogP contribution is 2.33. The minimum atomic E-state index is -1.17. The highest BCUT2D eigenvalue weighted by molar-refractivity contribution is 7.18. The van der Waals surface area contributed by atoms with Crippen LogP contribution >= 0.6 is 11.3 Å². The van der Waals surface area contributed by atoms with Gasteiger partial charge in [0, 0.05) is 0 Å². The fourth-order valence-electron chi connectivity index (χ4n) is 2.56. The molecule has 1 heterocycles. The molecule has 8 nitrogen and oxygen atoms in total. The molecule has 1 aromatic carbocycles. The number of thiazole rings is 1. The number of para-hydroxylation sites is 1. The van der Waals surface area contributed by atoms with Gasteiger partial charge in [-0.1, -0.05) is 26.0 Å². The number of rotatable bonds is 7. The summed E-state index contributed by atoms with van der Waals surface area (Å²) >= 11 is 1.23. The first-order valence-corrected chi connectivity index (χ1v) is 9.80. The second-order valence-electron chi connectivity index (χ2n) is 7.04. The first kappa shape index (κ1) is 21.8. The number of ether oxygens (including phenoxy) is 1. The molecule has 0 bridgehead atoms. The minimum absolute atomic E-state index is 0.248. The molecule has 0 aliphatic carbocycles. The summed E-state index contributed by atoms with van der Waals surface area (Å²) < 4.78 is 6.04. The fraction of sp³-hybridized carbons (Fsp3) is 0.474. The zero-order valence-corrected chi connectivity index (χ0v) is 17.1. The van der Waals surface area contributed by atoms with E-state index in [2.05, 4.69) is 4.98 Å². The number of aromatic nitrogens is 1. The van der Waals surface area contributed by atoms with E-state index in [4.69, 9.17) is 10.5 Å². The van der Waals surface area contributed by atoms with Crippen LogP contribution < -0.4 is 5.73 Å². The van der Waals surface area contributed by atoms with Crippen LogP contribution in [-0.4, -0.2) is 45.1 Å². The molecule has 28 heavy (non-hydrogen) atoms. The molecule has 0 aliphatic heterocycles. The Morgan fingerprint density at radius 3 is 2.39 bits per heavy atom. The first-order chi connectivity index (χ1) is 13.1. The van der Waals surface area contributed by atoms with Crippen LogP contribution in [-0.2, 0) is 14.3 Å². The fourth-order valence-corrected chi connectivity index (χ4v) is 3.62. The molecule has 1 aromatic heterocycles. The van der Waals surface area contributed by atoms with Crippen LogP contribution in [0.25, 0.3) is 10.2 Å². The number of amides is 2. The summed E-state index contributed by atoms with van der Waals surface area (Å²) in [5.74, 6) is -2.11. The number of carboxylic acid groups (broad SMARTS) is 1. The van der Waals surface area contributed by atoms with Crippen molar-refractivity contribution in [1.29, 1.82) is 0 Å². The number of aliphatic carboxylic acids is 1. The zero-order chi connectivity index (χ0) is 21.0. The average molecular weight is 407 g/mol. The van der Waals surface area contributed by atoms with Gasteiger partial charge in [0.15, 0.2) is 0 Å². The van der Waals surface area contributed by atoms with Gasteiger partial charge in [-0.05, 0) is 31.9 Å². The Kier molecular flexibility index (Phi) is 7.09. The SMILES string of the molecule is CC(C)OC(=O)N(C(=O)[C@@H](N)C(C)C)C(CC(=O)O)c1nc2ccccc2s1. The van der Waals surface area contributed by atoms with Crippen molar-refractivity contribution < 1.29 is 24.2 Å². The Hall–Kier alpha value is -2.52. The third-order valence-corrected chi connectivity index (χ3v) is 5.19. The van der Waals surface area contributed by atoms with Gasteiger partial charge in [0.05, 0.1) is 28.8 Å². The average Bonchev–Trinajstić information content (AvgIpc) is 3.03. The Morgan fingerprint density at radius 1 is 1.21 bits per heavy atom. The molecule has 0 fully saturated rings.